The number of anilines is 2. The van der Waals surface area contributed by atoms with Gasteiger partial charge in [0.05, 0.1) is 10.8 Å². The molecule has 1 aliphatic rings. The molecule has 2 N–H and O–H groups in total. The second kappa shape index (κ2) is 10.8. The van der Waals surface area contributed by atoms with Gasteiger partial charge in [-0.25, -0.2) is 8.42 Å². The van der Waals surface area contributed by atoms with E-state index >= 15 is 0 Å². The summed E-state index contributed by atoms with van der Waals surface area (Å²) in [5.41, 5.74) is 2.07. The number of piperidine rings is 1. The van der Waals surface area contributed by atoms with Crippen molar-refractivity contribution in [1.82, 2.24) is 4.31 Å². The van der Waals surface area contributed by atoms with Gasteiger partial charge in [-0.1, -0.05) is 17.7 Å². The van der Waals surface area contributed by atoms with Crippen molar-refractivity contribution in [3.05, 3.63) is 54.1 Å². The van der Waals surface area contributed by atoms with Crippen molar-refractivity contribution < 1.29 is 27.5 Å². The minimum Gasteiger partial charge on any atom is -0.452 e. The van der Waals surface area contributed by atoms with Gasteiger partial charge in [0.15, 0.2) is 6.10 Å². The van der Waals surface area contributed by atoms with Crippen LogP contribution in [0.3, 0.4) is 0 Å². The molecule has 0 unspecified atom stereocenters. The molecule has 2 amide bonds. The van der Waals surface area contributed by atoms with Crippen LogP contribution in [0.15, 0.2) is 53.4 Å². The number of esters is 1. The Bertz CT molecular complexity index is 1140. The number of hydrogen-bond donors (Lipinski definition) is 2. The summed E-state index contributed by atoms with van der Waals surface area (Å²) in [5.74, 6) is -1.68. The Morgan fingerprint density at radius 3 is 2.00 bits per heavy atom. The molecule has 2 aromatic carbocycles. The van der Waals surface area contributed by atoms with Crippen LogP contribution in [0, 0.1) is 12.8 Å². The van der Waals surface area contributed by atoms with Crippen LogP contribution in [0.1, 0.15) is 32.3 Å². The fraction of sp³-hybridized carbons (Fsp3) is 0.375. The predicted molar refractivity (Wildman–Crippen MR) is 128 cm³/mol. The molecule has 3 rings (SSSR count). The second-order valence-corrected chi connectivity index (χ2v) is 10.3. The molecule has 1 aliphatic heterocycles. The summed E-state index contributed by atoms with van der Waals surface area (Å²) in [6.07, 6.45) is -0.372. The fourth-order valence-electron chi connectivity index (χ4n) is 3.60. The maximum absolute atomic E-state index is 12.8. The van der Waals surface area contributed by atoms with E-state index < -0.39 is 33.9 Å². The summed E-state index contributed by atoms with van der Waals surface area (Å²) in [4.78, 5) is 36.3. The van der Waals surface area contributed by atoms with Crippen LogP contribution < -0.4 is 10.6 Å². The molecule has 1 heterocycles. The van der Waals surface area contributed by atoms with E-state index in [9.17, 15) is 22.8 Å². The summed E-state index contributed by atoms with van der Waals surface area (Å²) >= 11 is 0. The Labute approximate surface area is 199 Å². The van der Waals surface area contributed by atoms with Crippen molar-refractivity contribution >= 4 is 39.2 Å². The number of carbonyl (C=O) groups is 3. The number of amides is 2. The van der Waals surface area contributed by atoms with Crippen molar-refractivity contribution in [2.75, 3.05) is 23.7 Å². The Hall–Kier alpha value is -3.24. The zero-order chi connectivity index (χ0) is 24.9. The summed E-state index contributed by atoms with van der Waals surface area (Å²) in [5, 5.41) is 5.30. The van der Waals surface area contributed by atoms with Gasteiger partial charge < -0.3 is 15.4 Å². The topological polar surface area (TPSA) is 122 Å². The van der Waals surface area contributed by atoms with E-state index in [-0.39, 0.29) is 23.9 Å². The fourth-order valence-corrected chi connectivity index (χ4v) is 5.07. The molecule has 0 aliphatic carbocycles. The molecule has 0 aromatic heterocycles. The number of aryl methyl sites for hydroxylation is 1. The van der Waals surface area contributed by atoms with Gasteiger partial charge in [-0.2, -0.15) is 4.31 Å². The molecule has 1 saturated heterocycles. The Kier molecular flexibility index (Phi) is 8.06. The van der Waals surface area contributed by atoms with Gasteiger partial charge in [-0.15, -0.1) is 0 Å². The number of hydrogen-bond acceptors (Lipinski definition) is 6. The van der Waals surface area contributed by atoms with Crippen LogP contribution in [0.4, 0.5) is 11.4 Å². The predicted octanol–water partition coefficient (Wildman–Crippen LogP) is 2.92. The van der Waals surface area contributed by atoms with E-state index in [0.717, 1.165) is 5.56 Å². The maximum atomic E-state index is 12.8. The molecule has 0 bridgehead atoms. The van der Waals surface area contributed by atoms with E-state index in [1.807, 2.05) is 6.92 Å². The molecule has 0 radical (unpaired) electrons. The molecule has 10 heteroatoms. The number of nitrogens with one attached hydrogen (secondary N) is 2. The Morgan fingerprint density at radius 2 is 1.47 bits per heavy atom. The number of nitrogens with zero attached hydrogens (tertiary/aromatic N) is 1. The first-order chi connectivity index (χ1) is 16.1. The lowest BCUT2D eigenvalue weighted by atomic mass is 9.98. The summed E-state index contributed by atoms with van der Waals surface area (Å²) in [7, 11) is -3.61. The first kappa shape index (κ1) is 25.4. The highest BCUT2D eigenvalue weighted by atomic mass is 32.2. The molecule has 0 spiro atoms. The smallest absolute Gasteiger partial charge is 0.309 e. The number of rotatable bonds is 7. The highest BCUT2D eigenvalue weighted by Gasteiger charge is 2.34. The SMILES string of the molecule is CC(=O)Nc1ccc(NC(=O)[C@H](C)OC(=O)C2CCN(S(=O)(=O)c3ccc(C)cc3)CC2)cc1. The average molecular weight is 488 g/mol. The maximum Gasteiger partial charge on any atom is 0.309 e. The molecule has 1 atom stereocenters. The summed E-state index contributed by atoms with van der Waals surface area (Å²) in [6, 6.07) is 13.2. The van der Waals surface area contributed by atoms with Gasteiger partial charge in [-0.05, 0) is 63.1 Å². The highest BCUT2D eigenvalue weighted by Crippen LogP contribution is 2.25. The first-order valence-electron chi connectivity index (χ1n) is 11.0. The van der Waals surface area contributed by atoms with Crippen molar-refractivity contribution in [1.29, 1.82) is 0 Å². The monoisotopic (exact) mass is 487 g/mol. The third-order valence-corrected chi connectivity index (χ3v) is 7.49. The molecule has 2 aromatic rings. The zero-order valence-electron chi connectivity index (χ0n) is 19.4. The normalized spacial score (nSPS) is 15.9. The van der Waals surface area contributed by atoms with Crippen LogP contribution in [-0.2, 0) is 29.1 Å². The average Bonchev–Trinajstić information content (AvgIpc) is 2.80. The molecular weight excluding hydrogens is 458 g/mol. The van der Waals surface area contributed by atoms with Crippen molar-refractivity contribution in [3.8, 4) is 0 Å². The largest absolute Gasteiger partial charge is 0.452 e. The number of ether oxygens (including phenoxy) is 1. The van der Waals surface area contributed by atoms with Gasteiger partial charge in [0.2, 0.25) is 15.9 Å². The van der Waals surface area contributed by atoms with Crippen LogP contribution in [0.5, 0.6) is 0 Å². The molecule has 1 fully saturated rings. The minimum absolute atomic E-state index is 0.198. The van der Waals surface area contributed by atoms with Gasteiger partial charge in [0, 0.05) is 31.4 Å². The summed E-state index contributed by atoms with van der Waals surface area (Å²) < 4.78 is 32.4. The van der Waals surface area contributed by atoms with E-state index in [2.05, 4.69) is 10.6 Å². The lowest BCUT2D eigenvalue weighted by Crippen LogP contribution is -2.41. The minimum atomic E-state index is -3.61. The van der Waals surface area contributed by atoms with Gasteiger partial charge in [0.1, 0.15) is 0 Å². The molecular formula is C24H29N3O6S. The third kappa shape index (κ3) is 6.42. The van der Waals surface area contributed by atoms with E-state index in [1.165, 1.54) is 18.2 Å². The van der Waals surface area contributed by atoms with Crippen molar-refractivity contribution in [2.45, 2.75) is 44.6 Å². The van der Waals surface area contributed by atoms with Gasteiger partial charge in [-0.3, -0.25) is 14.4 Å². The van der Waals surface area contributed by atoms with Crippen molar-refractivity contribution in [2.24, 2.45) is 5.92 Å². The lowest BCUT2D eigenvalue weighted by molar-refractivity contribution is -0.158. The van der Waals surface area contributed by atoms with E-state index in [4.69, 9.17) is 4.74 Å². The van der Waals surface area contributed by atoms with Crippen LogP contribution in [0.25, 0.3) is 0 Å². The standard InChI is InChI=1S/C24H29N3O6S/c1-16-4-10-22(11-5-16)34(31,32)27-14-12-19(13-15-27)24(30)33-17(2)23(29)26-21-8-6-20(7-9-21)25-18(3)28/h4-11,17,19H,12-15H2,1-3H3,(H,25,28)(H,26,29)/t17-/m0/s1. The number of sulfonamides is 1. The lowest BCUT2D eigenvalue weighted by Gasteiger charge is -2.30. The molecule has 9 nitrogen and oxygen atoms in total. The van der Waals surface area contributed by atoms with Crippen LogP contribution in [-0.4, -0.2) is 49.7 Å². The quantitative estimate of drug-likeness (QED) is 0.579. The molecule has 0 saturated carbocycles. The van der Waals surface area contributed by atoms with Gasteiger partial charge in [0.25, 0.3) is 5.91 Å². The van der Waals surface area contributed by atoms with Crippen LogP contribution in [0.2, 0.25) is 0 Å². The highest BCUT2D eigenvalue weighted by molar-refractivity contribution is 7.89. The van der Waals surface area contributed by atoms with E-state index in [1.54, 1.807) is 48.5 Å². The summed E-state index contributed by atoms with van der Waals surface area (Å²) in [6.45, 7) is 5.18. The van der Waals surface area contributed by atoms with Gasteiger partial charge >= 0.3 is 5.97 Å². The Balaban J connectivity index is 1.49. The first-order valence-corrected chi connectivity index (χ1v) is 12.5. The number of carbonyl (C=O) groups excluding carboxylic acids is 3. The third-order valence-electron chi connectivity index (χ3n) is 5.58. The van der Waals surface area contributed by atoms with E-state index in [0.29, 0.717) is 24.2 Å². The zero-order valence-corrected chi connectivity index (χ0v) is 20.2. The molecule has 182 valence electrons. The molecule has 34 heavy (non-hydrogen) atoms. The van der Waals surface area contributed by atoms with Crippen molar-refractivity contribution in [3.63, 3.8) is 0 Å². The Morgan fingerprint density at radius 1 is 0.941 bits per heavy atom. The second-order valence-electron chi connectivity index (χ2n) is 8.32. The number of benzene rings is 2. The van der Waals surface area contributed by atoms with Crippen LogP contribution >= 0.6 is 0 Å².